The molecule has 1 heterocycles. The Morgan fingerprint density at radius 1 is 1.04 bits per heavy atom. The van der Waals surface area contributed by atoms with Crippen LogP contribution in [0.15, 0.2) is 36.5 Å². The lowest BCUT2D eigenvalue weighted by Crippen LogP contribution is -2.36. The summed E-state index contributed by atoms with van der Waals surface area (Å²) in [5.41, 5.74) is 4.57. The van der Waals surface area contributed by atoms with E-state index in [1.54, 1.807) is 6.20 Å². The van der Waals surface area contributed by atoms with Crippen molar-refractivity contribution in [1.82, 2.24) is 10.3 Å². The van der Waals surface area contributed by atoms with E-state index >= 15 is 0 Å². The summed E-state index contributed by atoms with van der Waals surface area (Å²) in [6.45, 7) is 6.19. The Balaban J connectivity index is 1.89. The number of hydrogen-bond donors (Lipinski definition) is 2. The first-order valence-corrected chi connectivity index (χ1v) is 7.54. The molecule has 0 saturated carbocycles. The Labute approximate surface area is 136 Å². The van der Waals surface area contributed by atoms with E-state index in [0.717, 1.165) is 22.4 Å². The third-order valence-electron chi connectivity index (χ3n) is 3.51. The van der Waals surface area contributed by atoms with Crippen molar-refractivity contribution in [3.05, 3.63) is 58.9 Å². The third kappa shape index (κ3) is 4.64. The summed E-state index contributed by atoms with van der Waals surface area (Å²) < 4.78 is 0. The van der Waals surface area contributed by atoms with Crippen LogP contribution in [0, 0.1) is 20.8 Å². The van der Waals surface area contributed by atoms with Crippen LogP contribution in [0.5, 0.6) is 0 Å². The van der Waals surface area contributed by atoms with E-state index in [1.165, 1.54) is 0 Å². The molecule has 0 aliphatic carbocycles. The molecule has 23 heavy (non-hydrogen) atoms. The molecule has 5 heteroatoms. The number of pyridine rings is 1. The van der Waals surface area contributed by atoms with Gasteiger partial charge in [-0.1, -0.05) is 23.8 Å². The minimum absolute atomic E-state index is 0.370. The molecule has 0 unspecified atom stereocenters. The number of anilines is 1. The van der Waals surface area contributed by atoms with Crippen molar-refractivity contribution in [3.63, 3.8) is 0 Å². The Kier molecular flexibility index (Phi) is 5.46. The molecule has 0 fully saturated rings. The van der Waals surface area contributed by atoms with Crippen molar-refractivity contribution >= 4 is 17.5 Å². The van der Waals surface area contributed by atoms with Crippen molar-refractivity contribution in [3.8, 4) is 0 Å². The van der Waals surface area contributed by atoms with Gasteiger partial charge in [-0.25, -0.2) is 0 Å². The summed E-state index contributed by atoms with van der Waals surface area (Å²) in [4.78, 5) is 28.1. The summed E-state index contributed by atoms with van der Waals surface area (Å²) in [5, 5.41) is 5.30. The molecule has 0 aliphatic rings. The van der Waals surface area contributed by atoms with Crippen molar-refractivity contribution in [2.45, 2.75) is 27.2 Å². The molecule has 1 aromatic carbocycles. The molecule has 0 spiro atoms. The maximum absolute atomic E-state index is 12.0. The fourth-order valence-electron chi connectivity index (χ4n) is 2.48. The fourth-order valence-corrected chi connectivity index (χ4v) is 2.48. The van der Waals surface area contributed by atoms with Gasteiger partial charge in [0.25, 0.3) is 0 Å². The highest BCUT2D eigenvalue weighted by atomic mass is 16.2. The molecule has 0 radical (unpaired) electrons. The maximum atomic E-state index is 12.0. The standard InChI is InChI=1S/C18H21N3O2/c1-12-10-13(2)16(14(3)11-12)21-18(23)17(22)20-9-7-15-6-4-5-8-19-15/h4-6,8,10-11H,7,9H2,1-3H3,(H,20,22)(H,21,23). The van der Waals surface area contributed by atoms with Gasteiger partial charge in [-0.15, -0.1) is 0 Å². The molecular formula is C18H21N3O2. The first kappa shape index (κ1) is 16.7. The third-order valence-corrected chi connectivity index (χ3v) is 3.51. The van der Waals surface area contributed by atoms with E-state index in [2.05, 4.69) is 15.6 Å². The van der Waals surface area contributed by atoms with Gasteiger partial charge >= 0.3 is 11.8 Å². The zero-order chi connectivity index (χ0) is 16.8. The maximum Gasteiger partial charge on any atom is 0.313 e. The van der Waals surface area contributed by atoms with Crippen LogP contribution in [0.3, 0.4) is 0 Å². The number of hydrogen-bond acceptors (Lipinski definition) is 3. The normalized spacial score (nSPS) is 10.2. The molecule has 5 nitrogen and oxygen atoms in total. The van der Waals surface area contributed by atoms with Crippen LogP contribution >= 0.6 is 0 Å². The zero-order valence-corrected chi connectivity index (χ0v) is 13.6. The van der Waals surface area contributed by atoms with Gasteiger partial charge in [0, 0.05) is 30.5 Å². The van der Waals surface area contributed by atoms with Crippen LogP contribution in [-0.4, -0.2) is 23.3 Å². The van der Waals surface area contributed by atoms with Crippen LogP contribution in [0.1, 0.15) is 22.4 Å². The van der Waals surface area contributed by atoms with E-state index in [0.29, 0.717) is 18.7 Å². The highest BCUT2D eigenvalue weighted by molar-refractivity contribution is 6.39. The molecule has 0 saturated heterocycles. The lowest BCUT2D eigenvalue weighted by molar-refractivity contribution is -0.136. The zero-order valence-electron chi connectivity index (χ0n) is 13.6. The summed E-state index contributed by atoms with van der Waals surface area (Å²) in [6.07, 6.45) is 2.29. The summed E-state index contributed by atoms with van der Waals surface area (Å²) >= 11 is 0. The predicted octanol–water partition coefficient (Wildman–Crippen LogP) is 2.30. The largest absolute Gasteiger partial charge is 0.347 e. The highest BCUT2D eigenvalue weighted by Gasteiger charge is 2.15. The van der Waals surface area contributed by atoms with E-state index in [-0.39, 0.29) is 0 Å². The lowest BCUT2D eigenvalue weighted by Gasteiger charge is -2.12. The van der Waals surface area contributed by atoms with Gasteiger partial charge in [-0.05, 0) is 44.0 Å². The van der Waals surface area contributed by atoms with Crippen molar-refractivity contribution in [1.29, 1.82) is 0 Å². The molecule has 2 rings (SSSR count). The van der Waals surface area contributed by atoms with E-state index in [1.807, 2.05) is 51.1 Å². The van der Waals surface area contributed by atoms with Crippen molar-refractivity contribution < 1.29 is 9.59 Å². The minimum Gasteiger partial charge on any atom is -0.347 e. The molecule has 2 aromatic rings. The second-order valence-corrected chi connectivity index (χ2v) is 5.55. The topological polar surface area (TPSA) is 71.1 Å². The minimum atomic E-state index is -0.652. The molecule has 0 bridgehead atoms. The Bertz CT molecular complexity index is 688. The van der Waals surface area contributed by atoms with Crippen molar-refractivity contribution in [2.24, 2.45) is 0 Å². The Morgan fingerprint density at radius 3 is 2.35 bits per heavy atom. The molecular weight excluding hydrogens is 290 g/mol. The average molecular weight is 311 g/mol. The number of aromatic nitrogens is 1. The van der Waals surface area contributed by atoms with Gasteiger partial charge in [0.2, 0.25) is 0 Å². The van der Waals surface area contributed by atoms with Gasteiger partial charge in [-0.3, -0.25) is 14.6 Å². The number of rotatable bonds is 4. The van der Waals surface area contributed by atoms with E-state index in [9.17, 15) is 9.59 Å². The molecule has 2 N–H and O–H groups in total. The van der Waals surface area contributed by atoms with Gasteiger partial charge < -0.3 is 10.6 Å². The van der Waals surface area contributed by atoms with Gasteiger partial charge in [0.15, 0.2) is 0 Å². The van der Waals surface area contributed by atoms with Crippen molar-refractivity contribution in [2.75, 3.05) is 11.9 Å². The van der Waals surface area contributed by atoms with Crippen LogP contribution in [0.25, 0.3) is 0 Å². The number of amides is 2. The van der Waals surface area contributed by atoms with E-state index < -0.39 is 11.8 Å². The van der Waals surface area contributed by atoms with Gasteiger partial charge in [0.1, 0.15) is 0 Å². The summed E-state index contributed by atoms with van der Waals surface area (Å²) in [5.74, 6) is -1.29. The summed E-state index contributed by atoms with van der Waals surface area (Å²) in [7, 11) is 0. The highest BCUT2D eigenvalue weighted by Crippen LogP contribution is 2.21. The number of benzene rings is 1. The predicted molar refractivity (Wildman–Crippen MR) is 90.2 cm³/mol. The molecule has 120 valence electrons. The number of carbonyl (C=O) groups excluding carboxylic acids is 2. The molecule has 0 atom stereocenters. The number of nitrogens with one attached hydrogen (secondary N) is 2. The monoisotopic (exact) mass is 311 g/mol. The Hall–Kier alpha value is -2.69. The molecule has 2 amide bonds. The Morgan fingerprint density at radius 2 is 1.74 bits per heavy atom. The van der Waals surface area contributed by atoms with Crippen LogP contribution in [-0.2, 0) is 16.0 Å². The lowest BCUT2D eigenvalue weighted by atomic mass is 10.1. The second-order valence-electron chi connectivity index (χ2n) is 5.55. The second kappa shape index (κ2) is 7.54. The van der Waals surface area contributed by atoms with Gasteiger partial charge in [0.05, 0.1) is 0 Å². The fraction of sp³-hybridized carbons (Fsp3) is 0.278. The summed E-state index contributed by atoms with van der Waals surface area (Å²) in [6, 6.07) is 9.55. The molecule has 1 aromatic heterocycles. The average Bonchev–Trinajstić information content (AvgIpc) is 2.51. The first-order valence-electron chi connectivity index (χ1n) is 7.54. The number of carbonyl (C=O) groups is 2. The van der Waals surface area contributed by atoms with Crippen LogP contribution in [0.4, 0.5) is 5.69 Å². The smallest absolute Gasteiger partial charge is 0.313 e. The first-order chi connectivity index (χ1) is 11.0. The van der Waals surface area contributed by atoms with Gasteiger partial charge in [-0.2, -0.15) is 0 Å². The number of nitrogens with zero attached hydrogens (tertiary/aromatic N) is 1. The van der Waals surface area contributed by atoms with E-state index in [4.69, 9.17) is 0 Å². The van der Waals surface area contributed by atoms with Crippen LogP contribution in [0.2, 0.25) is 0 Å². The molecule has 0 aliphatic heterocycles. The van der Waals surface area contributed by atoms with Crippen LogP contribution < -0.4 is 10.6 Å². The quantitative estimate of drug-likeness (QED) is 0.851. The number of aryl methyl sites for hydroxylation is 3. The SMILES string of the molecule is Cc1cc(C)c(NC(=O)C(=O)NCCc2ccccn2)c(C)c1.